The summed E-state index contributed by atoms with van der Waals surface area (Å²) in [5.41, 5.74) is 0. The molecule has 2 heterocycles. The fourth-order valence-electron chi connectivity index (χ4n) is 3.33. The van der Waals surface area contributed by atoms with Crippen LogP contribution in [0, 0.1) is 5.92 Å². The number of carbonyl (C=O) groups excluding carboxylic acids is 1. The van der Waals surface area contributed by atoms with E-state index in [0.717, 1.165) is 37.3 Å². The molecule has 0 spiro atoms. The van der Waals surface area contributed by atoms with Crippen LogP contribution < -0.4 is 5.32 Å². The van der Waals surface area contributed by atoms with Gasteiger partial charge in [-0.05, 0) is 31.7 Å². The highest BCUT2D eigenvalue weighted by Gasteiger charge is 2.35. The lowest BCUT2D eigenvalue weighted by molar-refractivity contribution is -0.126. The van der Waals surface area contributed by atoms with Crippen LogP contribution in [0.2, 0.25) is 0 Å². The standard InChI is InChI=1S/C17H26N6O/c1-4-12(5-2)17(24)19-14-9-13(10-14)16-21-20-15(22(16)3)11-23-8-6-7-18-23/h6-8,12-14H,4-5,9-11H2,1-3H3,(H,19,24). The fraction of sp³-hybridized carbons (Fsp3) is 0.647. The van der Waals surface area contributed by atoms with Crippen molar-refractivity contribution in [2.45, 2.75) is 58.0 Å². The van der Waals surface area contributed by atoms with E-state index in [4.69, 9.17) is 0 Å². The van der Waals surface area contributed by atoms with Gasteiger partial charge in [-0.25, -0.2) is 0 Å². The number of carbonyl (C=O) groups is 1. The van der Waals surface area contributed by atoms with Crippen molar-refractivity contribution in [2.24, 2.45) is 13.0 Å². The molecule has 1 N–H and O–H groups in total. The van der Waals surface area contributed by atoms with Gasteiger partial charge in [-0.2, -0.15) is 5.10 Å². The van der Waals surface area contributed by atoms with E-state index >= 15 is 0 Å². The predicted octanol–water partition coefficient (Wildman–Crippen LogP) is 1.86. The second-order valence-electron chi connectivity index (χ2n) is 6.62. The first-order chi connectivity index (χ1) is 11.6. The molecule has 2 aromatic rings. The highest BCUT2D eigenvalue weighted by molar-refractivity contribution is 5.78. The molecule has 7 heteroatoms. The maximum atomic E-state index is 12.1. The Bertz CT molecular complexity index is 667. The molecule has 1 fully saturated rings. The molecule has 1 amide bonds. The van der Waals surface area contributed by atoms with Gasteiger partial charge in [-0.15, -0.1) is 10.2 Å². The van der Waals surface area contributed by atoms with E-state index in [-0.39, 0.29) is 17.9 Å². The first-order valence-electron chi connectivity index (χ1n) is 8.78. The van der Waals surface area contributed by atoms with Crippen LogP contribution in [0.15, 0.2) is 18.5 Å². The molecule has 7 nitrogen and oxygen atoms in total. The molecule has 2 aromatic heterocycles. The molecule has 0 aliphatic heterocycles. The van der Waals surface area contributed by atoms with E-state index in [2.05, 4.69) is 39.0 Å². The largest absolute Gasteiger partial charge is 0.353 e. The van der Waals surface area contributed by atoms with Gasteiger partial charge in [-0.1, -0.05) is 13.8 Å². The Balaban J connectivity index is 1.54. The van der Waals surface area contributed by atoms with Gasteiger partial charge in [0.15, 0.2) is 5.82 Å². The summed E-state index contributed by atoms with van der Waals surface area (Å²) in [6, 6.07) is 2.17. The lowest BCUT2D eigenvalue weighted by atomic mass is 9.79. The van der Waals surface area contributed by atoms with Crippen LogP contribution in [0.1, 0.15) is 57.1 Å². The van der Waals surface area contributed by atoms with Gasteiger partial charge in [0.2, 0.25) is 5.91 Å². The Morgan fingerprint density at radius 3 is 2.71 bits per heavy atom. The first kappa shape index (κ1) is 16.7. The van der Waals surface area contributed by atoms with E-state index in [9.17, 15) is 4.79 Å². The Kier molecular flexibility index (Phi) is 4.97. The van der Waals surface area contributed by atoms with Crippen LogP contribution in [-0.4, -0.2) is 36.5 Å². The molecular formula is C17H26N6O. The lowest BCUT2D eigenvalue weighted by Gasteiger charge is -2.35. The van der Waals surface area contributed by atoms with Crippen LogP contribution in [0.5, 0.6) is 0 Å². The fourth-order valence-corrected chi connectivity index (χ4v) is 3.33. The van der Waals surface area contributed by atoms with Crippen molar-refractivity contribution < 1.29 is 4.79 Å². The lowest BCUT2D eigenvalue weighted by Crippen LogP contribution is -2.46. The Morgan fingerprint density at radius 2 is 2.08 bits per heavy atom. The molecule has 1 aliphatic rings. The second-order valence-corrected chi connectivity index (χ2v) is 6.62. The van der Waals surface area contributed by atoms with Crippen LogP contribution in [0.4, 0.5) is 0 Å². The van der Waals surface area contributed by atoms with E-state index in [1.165, 1.54) is 0 Å². The van der Waals surface area contributed by atoms with E-state index < -0.39 is 0 Å². The van der Waals surface area contributed by atoms with Crippen molar-refractivity contribution >= 4 is 5.91 Å². The molecule has 0 saturated heterocycles. The highest BCUT2D eigenvalue weighted by atomic mass is 16.1. The monoisotopic (exact) mass is 330 g/mol. The normalized spacial score (nSPS) is 20.2. The number of aromatic nitrogens is 5. The summed E-state index contributed by atoms with van der Waals surface area (Å²) >= 11 is 0. The van der Waals surface area contributed by atoms with Crippen molar-refractivity contribution in [3.63, 3.8) is 0 Å². The molecule has 0 aromatic carbocycles. The highest BCUT2D eigenvalue weighted by Crippen LogP contribution is 2.36. The molecule has 0 atom stereocenters. The van der Waals surface area contributed by atoms with E-state index in [1.54, 1.807) is 6.20 Å². The minimum atomic E-state index is 0.138. The van der Waals surface area contributed by atoms with Gasteiger partial charge >= 0.3 is 0 Å². The van der Waals surface area contributed by atoms with Crippen molar-refractivity contribution in [3.8, 4) is 0 Å². The Hall–Kier alpha value is -2.18. The van der Waals surface area contributed by atoms with Crippen LogP contribution in [-0.2, 0) is 18.4 Å². The molecule has 0 unspecified atom stereocenters. The third-order valence-electron chi connectivity index (χ3n) is 5.07. The van der Waals surface area contributed by atoms with Gasteiger partial charge in [0.1, 0.15) is 12.4 Å². The zero-order valence-electron chi connectivity index (χ0n) is 14.6. The maximum absolute atomic E-state index is 12.1. The summed E-state index contributed by atoms with van der Waals surface area (Å²) in [5.74, 6) is 2.62. The number of nitrogens with one attached hydrogen (secondary N) is 1. The van der Waals surface area contributed by atoms with E-state index in [0.29, 0.717) is 12.5 Å². The second kappa shape index (κ2) is 7.15. The summed E-state index contributed by atoms with van der Waals surface area (Å²) in [7, 11) is 2.00. The summed E-state index contributed by atoms with van der Waals surface area (Å²) in [6.07, 6.45) is 7.37. The minimum absolute atomic E-state index is 0.138. The first-order valence-corrected chi connectivity index (χ1v) is 8.78. The van der Waals surface area contributed by atoms with Gasteiger partial charge in [-0.3, -0.25) is 9.48 Å². The van der Waals surface area contributed by atoms with Crippen molar-refractivity contribution in [1.29, 1.82) is 0 Å². The van der Waals surface area contributed by atoms with E-state index in [1.807, 2.05) is 24.0 Å². The average molecular weight is 330 g/mol. The number of amides is 1. The molecule has 0 radical (unpaired) electrons. The van der Waals surface area contributed by atoms with Gasteiger partial charge in [0.25, 0.3) is 0 Å². The number of nitrogens with zero attached hydrogens (tertiary/aromatic N) is 5. The molecule has 1 aliphatic carbocycles. The molecule has 1 saturated carbocycles. The zero-order chi connectivity index (χ0) is 17.1. The molecule has 130 valence electrons. The van der Waals surface area contributed by atoms with Crippen LogP contribution in [0.25, 0.3) is 0 Å². The topological polar surface area (TPSA) is 77.6 Å². The van der Waals surface area contributed by atoms with Crippen LogP contribution in [0.3, 0.4) is 0 Å². The smallest absolute Gasteiger partial charge is 0.223 e. The van der Waals surface area contributed by atoms with Crippen molar-refractivity contribution in [3.05, 3.63) is 30.1 Å². The number of hydrogen-bond acceptors (Lipinski definition) is 4. The average Bonchev–Trinajstić information content (AvgIpc) is 3.16. The number of rotatable bonds is 7. The van der Waals surface area contributed by atoms with Crippen LogP contribution >= 0.6 is 0 Å². The molecule has 24 heavy (non-hydrogen) atoms. The summed E-state index contributed by atoms with van der Waals surface area (Å²) < 4.78 is 3.90. The SMILES string of the molecule is CCC(CC)C(=O)NC1CC(c2nnc(Cn3cccn3)n2C)C1. The van der Waals surface area contributed by atoms with Crippen molar-refractivity contribution in [2.75, 3.05) is 0 Å². The minimum Gasteiger partial charge on any atom is -0.353 e. The molecule has 3 rings (SSSR count). The summed E-state index contributed by atoms with van der Waals surface area (Å²) in [6.45, 7) is 4.76. The Labute approximate surface area is 142 Å². The summed E-state index contributed by atoms with van der Waals surface area (Å²) in [5, 5.41) is 16.0. The Morgan fingerprint density at radius 1 is 1.33 bits per heavy atom. The predicted molar refractivity (Wildman–Crippen MR) is 90.3 cm³/mol. The van der Waals surface area contributed by atoms with Gasteiger partial charge < -0.3 is 9.88 Å². The number of hydrogen-bond donors (Lipinski definition) is 1. The van der Waals surface area contributed by atoms with Crippen molar-refractivity contribution in [1.82, 2.24) is 29.9 Å². The third kappa shape index (κ3) is 3.34. The van der Waals surface area contributed by atoms with Gasteiger partial charge in [0, 0.05) is 37.3 Å². The quantitative estimate of drug-likeness (QED) is 0.840. The maximum Gasteiger partial charge on any atom is 0.223 e. The molecule has 0 bridgehead atoms. The third-order valence-corrected chi connectivity index (χ3v) is 5.07. The summed E-state index contributed by atoms with van der Waals surface area (Å²) in [4.78, 5) is 12.1. The van der Waals surface area contributed by atoms with Gasteiger partial charge in [0.05, 0.1) is 0 Å². The zero-order valence-corrected chi connectivity index (χ0v) is 14.6. The molecular weight excluding hydrogens is 304 g/mol.